The first-order valence-corrected chi connectivity index (χ1v) is 5.87. The van der Waals surface area contributed by atoms with Crippen molar-refractivity contribution in [3.63, 3.8) is 0 Å². The maximum atomic E-state index is 5.38. The van der Waals surface area contributed by atoms with Gasteiger partial charge in [0.15, 0.2) is 5.82 Å². The van der Waals surface area contributed by atoms with Gasteiger partial charge in [0.2, 0.25) is 0 Å². The Labute approximate surface area is 107 Å². The molecule has 0 N–H and O–H groups in total. The van der Waals surface area contributed by atoms with Crippen LogP contribution < -0.4 is 4.74 Å². The molecule has 0 spiro atoms. The molecule has 0 aliphatic rings. The topological polar surface area (TPSA) is 52.8 Å². The van der Waals surface area contributed by atoms with E-state index in [4.69, 9.17) is 4.74 Å². The molecule has 5 nitrogen and oxygen atoms in total. The maximum absolute atomic E-state index is 5.38. The monoisotopic (exact) mass is 246 g/mol. The molecule has 0 aliphatic heterocycles. The fourth-order valence-electron chi connectivity index (χ4n) is 1.78. The quantitative estimate of drug-likeness (QED) is 0.815. The summed E-state index contributed by atoms with van der Waals surface area (Å²) in [7, 11) is 1.65. The predicted octanol–water partition coefficient (Wildman–Crippen LogP) is 2.28. The van der Waals surface area contributed by atoms with Crippen molar-refractivity contribution in [2.24, 2.45) is 0 Å². The predicted molar refractivity (Wildman–Crippen MR) is 69.1 cm³/mol. The van der Waals surface area contributed by atoms with E-state index >= 15 is 0 Å². The number of ether oxygens (including phenoxy) is 1. The van der Waals surface area contributed by atoms with E-state index in [1.807, 2.05) is 13.0 Å². The molecule has 0 saturated heterocycles. The third-order valence-corrected chi connectivity index (χ3v) is 2.90. The molecule has 1 aromatic heterocycles. The van der Waals surface area contributed by atoms with Gasteiger partial charge in [-0.2, -0.15) is 4.68 Å². The highest BCUT2D eigenvalue weighted by Gasteiger charge is 2.18. The second-order valence-electron chi connectivity index (χ2n) is 5.27. The molecule has 0 unspecified atom stereocenters. The van der Waals surface area contributed by atoms with E-state index in [0.29, 0.717) is 0 Å². The number of methoxy groups -OCH3 is 1. The van der Waals surface area contributed by atoms with Crippen LogP contribution in [0.1, 0.15) is 32.2 Å². The lowest BCUT2D eigenvalue weighted by Crippen LogP contribution is -2.12. The van der Waals surface area contributed by atoms with Gasteiger partial charge in [0.05, 0.1) is 7.11 Å². The molecule has 1 heterocycles. The average molecular weight is 246 g/mol. The number of benzene rings is 1. The smallest absolute Gasteiger partial charge is 0.153 e. The molecule has 0 aliphatic carbocycles. The SMILES string of the molecule is COc1ccc(C(C)(C)C)cc1-n1nnnc1C. The van der Waals surface area contributed by atoms with Crippen molar-refractivity contribution in [3.05, 3.63) is 29.6 Å². The van der Waals surface area contributed by atoms with Crippen molar-refractivity contribution < 1.29 is 4.74 Å². The zero-order valence-electron chi connectivity index (χ0n) is 11.4. The number of hydrogen-bond donors (Lipinski definition) is 0. The molecular weight excluding hydrogens is 228 g/mol. The average Bonchev–Trinajstić information content (AvgIpc) is 2.73. The first-order chi connectivity index (χ1) is 8.43. The van der Waals surface area contributed by atoms with Gasteiger partial charge in [-0.05, 0) is 40.5 Å². The molecule has 2 aromatic rings. The molecule has 0 saturated carbocycles. The summed E-state index contributed by atoms with van der Waals surface area (Å²) in [6.45, 7) is 8.38. The van der Waals surface area contributed by atoms with Crippen LogP contribution in [0.4, 0.5) is 0 Å². The number of hydrogen-bond acceptors (Lipinski definition) is 4. The van der Waals surface area contributed by atoms with E-state index in [9.17, 15) is 0 Å². The van der Waals surface area contributed by atoms with E-state index in [2.05, 4.69) is 48.4 Å². The van der Waals surface area contributed by atoms with Crippen molar-refractivity contribution in [1.82, 2.24) is 20.2 Å². The minimum atomic E-state index is 0.0724. The standard InChI is InChI=1S/C13H18N4O/c1-9-14-15-16-17(9)11-8-10(13(2,3)4)6-7-12(11)18-5/h6-8H,1-5H3. The summed E-state index contributed by atoms with van der Waals surface area (Å²) in [4.78, 5) is 0. The van der Waals surface area contributed by atoms with Gasteiger partial charge in [-0.3, -0.25) is 0 Å². The molecule has 0 atom stereocenters. The highest BCUT2D eigenvalue weighted by atomic mass is 16.5. The van der Waals surface area contributed by atoms with E-state index in [-0.39, 0.29) is 5.41 Å². The molecule has 0 bridgehead atoms. The Balaban J connectivity index is 2.61. The van der Waals surface area contributed by atoms with Crippen molar-refractivity contribution in [3.8, 4) is 11.4 Å². The summed E-state index contributed by atoms with van der Waals surface area (Å²) in [5.74, 6) is 1.50. The van der Waals surface area contributed by atoms with E-state index in [1.54, 1.807) is 11.8 Å². The van der Waals surface area contributed by atoms with Crippen LogP contribution in [0.2, 0.25) is 0 Å². The minimum absolute atomic E-state index is 0.0724. The lowest BCUT2D eigenvalue weighted by atomic mass is 9.87. The van der Waals surface area contributed by atoms with Crippen LogP contribution in [0, 0.1) is 6.92 Å². The van der Waals surface area contributed by atoms with Crippen molar-refractivity contribution in [2.45, 2.75) is 33.1 Å². The second kappa shape index (κ2) is 4.40. The molecule has 5 heteroatoms. The van der Waals surface area contributed by atoms with Gasteiger partial charge in [-0.25, -0.2) is 0 Å². The highest BCUT2D eigenvalue weighted by molar-refractivity contribution is 5.50. The molecule has 18 heavy (non-hydrogen) atoms. The molecule has 2 rings (SSSR count). The Morgan fingerprint density at radius 3 is 2.44 bits per heavy atom. The number of aryl methyl sites for hydroxylation is 1. The van der Waals surface area contributed by atoms with Gasteiger partial charge < -0.3 is 4.74 Å². The lowest BCUT2D eigenvalue weighted by molar-refractivity contribution is 0.410. The van der Waals surface area contributed by atoms with Gasteiger partial charge >= 0.3 is 0 Å². The zero-order chi connectivity index (χ0) is 13.3. The summed E-state index contributed by atoms with van der Waals surface area (Å²) in [6.07, 6.45) is 0. The van der Waals surface area contributed by atoms with Gasteiger partial charge in [0.25, 0.3) is 0 Å². The summed E-state index contributed by atoms with van der Waals surface area (Å²) in [6, 6.07) is 6.10. The van der Waals surface area contributed by atoms with Crippen LogP contribution in [0.5, 0.6) is 5.75 Å². The Morgan fingerprint density at radius 2 is 1.94 bits per heavy atom. The van der Waals surface area contributed by atoms with Gasteiger partial charge in [0, 0.05) is 0 Å². The molecule has 1 aromatic carbocycles. The van der Waals surface area contributed by atoms with Crippen molar-refractivity contribution >= 4 is 0 Å². The Kier molecular flexibility index (Phi) is 3.07. The third kappa shape index (κ3) is 2.20. The van der Waals surface area contributed by atoms with Crippen LogP contribution in [0.3, 0.4) is 0 Å². The molecule has 96 valence electrons. The Bertz CT molecular complexity index is 554. The summed E-state index contributed by atoms with van der Waals surface area (Å²) in [5, 5.41) is 11.6. The van der Waals surface area contributed by atoms with E-state index < -0.39 is 0 Å². The van der Waals surface area contributed by atoms with Crippen LogP contribution in [-0.4, -0.2) is 27.3 Å². The number of aromatic nitrogens is 4. The van der Waals surface area contributed by atoms with Crippen LogP contribution >= 0.6 is 0 Å². The van der Waals surface area contributed by atoms with Crippen LogP contribution in [0.25, 0.3) is 5.69 Å². The fraction of sp³-hybridized carbons (Fsp3) is 0.462. The maximum Gasteiger partial charge on any atom is 0.153 e. The largest absolute Gasteiger partial charge is 0.494 e. The third-order valence-electron chi connectivity index (χ3n) is 2.90. The summed E-state index contributed by atoms with van der Waals surface area (Å²) < 4.78 is 7.06. The molecule has 0 radical (unpaired) electrons. The van der Waals surface area contributed by atoms with E-state index in [0.717, 1.165) is 17.3 Å². The van der Waals surface area contributed by atoms with Gasteiger partial charge in [-0.1, -0.05) is 26.8 Å². The Morgan fingerprint density at radius 1 is 1.22 bits per heavy atom. The van der Waals surface area contributed by atoms with Crippen molar-refractivity contribution in [1.29, 1.82) is 0 Å². The Hall–Kier alpha value is -1.91. The van der Waals surface area contributed by atoms with E-state index in [1.165, 1.54) is 5.56 Å². The van der Waals surface area contributed by atoms with Crippen LogP contribution in [0.15, 0.2) is 18.2 Å². The minimum Gasteiger partial charge on any atom is -0.494 e. The molecular formula is C13H18N4O. The lowest BCUT2D eigenvalue weighted by Gasteiger charge is -2.21. The van der Waals surface area contributed by atoms with Gasteiger partial charge in [-0.15, -0.1) is 5.10 Å². The number of tetrazole rings is 1. The highest BCUT2D eigenvalue weighted by Crippen LogP contribution is 2.30. The summed E-state index contributed by atoms with van der Waals surface area (Å²) >= 11 is 0. The van der Waals surface area contributed by atoms with Crippen molar-refractivity contribution in [2.75, 3.05) is 7.11 Å². The number of rotatable bonds is 2. The second-order valence-corrected chi connectivity index (χ2v) is 5.27. The molecule has 0 fully saturated rings. The van der Waals surface area contributed by atoms with Gasteiger partial charge in [0.1, 0.15) is 11.4 Å². The van der Waals surface area contributed by atoms with Crippen LogP contribution in [-0.2, 0) is 5.41 Å². The molecule has 0 amide bonds. The number of nitrogens with zero attached hydrogens (tertiary/aromatic N) is 4. The first kappa shape index (κ1) is 12.5. The first-order valence-electron chi connectivity index (χ1n) is 5.87. The summed E-state index contributed by atoms with van der Waals surface area (Å²) in [5.41, 5.74) is 2.16. The fourth-order valence-corrected chi connectivity index (χ4v) is 1.78. The normalized spacial score (nSPS) is 11.6. The zero-order valence-corrected chi connectivity index (χ0v) is 11.4.